The van der Waals surface area contributed by atoms with Crippen molar-refractivity contribution in [1.29, 1.82) is 0 Å². The standard InChI is InChI=1S/C14H17N3O/c1-3-9-15-13-6-4-5-12(17-13)11-7-8-14(18-2)16-10-11/h4-8,10H,3,9H2,1-2H3,(H,15,17). The number of hydrogen-bond donors (Lipinski definition) is 1. The number of anilines is 1. The van der Waals surface area contributed by atoms with Crippen LogP contribution in [0.1, 0.15) is 13.3 Å². The first kappa shape index (κ1) is 12.4. The Morgan fingerprint density at radius 1 is 1.22 bits per heavy atom. The lowest BCUT2D eigenvalue weighted by molar-refractivity contribution is 0.398. The highest BCUT2D eigenvalue weighted by atomic mass is 16.5. The second-order valence-corrected chi connectivity index (χ2v) is 3.92. The van der Waals surface area contributed by atoms with E-state index < -0.39 is 0 Å². The van der Waals surface area contributed by atoms with Crippen molar-refractivity contribution in [2.75, 3.05) is 19.0 Å². The molecular weight excluding hydrogens is 226 g/mol. The van der Waals surface area contributed by atoms with Crippen molar-refractivity contribution in [2.45, 2.75) is 13.3 Å². The Kier molecular flexibility index (Phi) is 4.12. The molecule has 2 heterocycles. The first-order chi connectivity index (χ1) is 8.83. The smallest absolute Gasteiger partial charge is 0.212 e. The third kappa shape index (κ3) is 2.97. The molecule has 0 aliphatic rings. The number of nitrogens with zero attached hydrogens (tertiary/aromatic N) is 2. The fourth-order valence-corrected chi connectivity index (χ4v) is 1.60. The largest absolute Gasteiger partial charge is 0.481 e. The van der Waals surface area contributed by atoms with Crippen LogP contribution in [0.2, 0.25) is 0 Å². The van der Waals surface area contributed by atoms with Gasteiger partial charge in [0.15, 0.2) is 0 Å². The molecule has 4 heteroatoms. The molecule has 2 aromatic rings. The van der Waals surface area contributed by atoms with Gasteiger partial charge in [0.1, 0.15) is 5.82 Å². The Labute approximate surface area is 107 Å². The van der Waals surface area contributed by atoms with Crippen LogP contribution in [0.3, 0.4) is 0 Å². The fraction of sp³-hybridized carbons (Fsp3) is 0.286. The van der Waals surface area contributed by atoms with E-state index in [1.54, 1.807) is 13.3 Å². The molecule has 0 radical (unpaired) electrons. The summed E-state index contributed by atoms with van der Waals surface area (Å²) in [5.41, 5.74) is 1.89. The summed E-state index contributed by atoms with van der Waals surface area (Å²) < 4.78 is 5.04. The van der Waals surface area contributed by atoms with Crippen LogP contribution in [-0.4, -0.2) is 23.6 Å². The zero-order valence-electron chi connectivity index (χ0n) is 10.7. The molecule has 0 aromatic carbocycles. The molecule has 4 nitrogen and oxygen atoms in total. The lowest BCUT2D eigenvalue weighted by Gasteiger charge is -2.06. The summed E-state index contributed by atoms with van der Waals surface area (Å²) in [6, 6.07) is 9.72. The molecule has 0 atom stereocenters. The van der Waals surface area contributed by atoms with Gasteiger partial charge in [-0.2, -0.15) is 0 Å². The van der Waals surface area contributed by atoms with Crippen LogP contribution in [0.4, 0.5) is 5.82 Å². The van der Waals surface area contributed by atoms with Crippen molar-refractivity contribution < 1.29 is 4.74 Å². The SMILES string of the molecule is CCCNc1cccc(-c2ccc(OC)nc2)n1. The number of hydrogen-bond acceptors (Lipinski definition) is 4. The van der Waals surface area contributed by atoms with Crippen LogP contribution in [0, 0.1) is 0 Å². The summed E-state index contributed by atoms with van der Waals surface area (Å²) in [7, 11) is 1.61. The van der Waals surface area contributed by atoms with Gasteiger partial charge in [0.25, 0.3) is 0 Å². The molecule has 0 unspecified atom stereocenters. The quantitative estimate of drug-likeness (QED) is 0.877. The van der Waals surface area contributed by atoms with Gasteiger partial charge in [-0.05, 0) is 24.6 Å². The van der Waals surface area contributed by atoms with Gasteiger partial charge in [0, 0.05) is 24.4 Å². The number of pyridine rings is 2. The Morgan fingerprint density at radius 2 is 2.11 bits per heavy atom. The maximum atomic E-state index is 5.04. The molecule has 94 valence electrons. The highest BCUT2D eigenvalue weighted by Gasteiger charge is 2.02. The van der Waals surface area contributed by atoms with E-state index in [1.807, 2.05) is 30.3 Å². The highest BCUT2D eigenvalue weighted by Crippen LogP contribution is 2.19. The summed E-state index contributed by atoms with van der Waals surface area (Å²) in [6.45, 7) is 3.06. The molecule has 0 bridgehead atoms. The van der Waals surface area contributed by atoms with E-state index in [0.29, 0.717) is 5.88 Å². The minimum absolute atomic E-state index is 0.610. The summed E-state index contributed by atoms with van der Waals surface area (Å²) in [6.07, 6.45) is 2.85. The number of nitrogens with one attached hydrogen (secondary N) is 1. The fourth-order valence-electron chi connectivity index (χ4n) is 1.60. The van der Waals surface area contributed by atoms with Crippen molar-refractivity contribution in [3.8, 4) is 17.1 Å². The Bertz CT molecular complexity index is 497. The molecule has 2 rings (SSSR count). The van der Waals surface area contributed by atoms with Crippen molar-refractivity contribution in [3.05, 3.63) is 36.5 Å². The van der Waals surface area contributed by atoms with Crippen LogP contribution < -0.4 is 10.1 Å². The Hall–Kier alpha value is -2.10. The van der Waals surface area contributed by atoms with Gasteiger partial charge in [0.05, 0.1) is 12.8 Å². The van der Waals surface area contributed by atoms with Crippen LogP contribution in [0.5, 0.6) is 5.88 Å². The van der Waals surface area contributed by atoms with Gasteiger partial charge in [0.2, 0.25) is 5.88 Å². The summed E-state index contributed by atoms with van der Waals surface area (Å²) in [4.78, 5) is 8.73. The number of aromatic nitrogens is 2. The molecule has 18 heavy (non-hydrogen) atoms. The first-order valence-corrected chi connectivity index (χ1v) is 6.05. The topological polar surface area (TPSA) is 47.0 Å². The van der Waals surface area contributed by atoms with Crippen molar-refractivity contribution >= 4 is 5.82 Å². The van der Waals surface area contributed by atoms with Gasteiger partial charge >= 0.3 is 0 Å². The van der Waals surface area contributed by atoms with E-state index in [4.69, 9.17) is 4.74 Å². The normalized spacial score (nSPS) is 10.1. The minimum atomic E-state index is 0.610. The molecule has 0 saturated carbocycles. The van der Waals surface area contributed by atoms with E-state index in [0.717, 1.165) is 30.0 Å². The van der Waals surface area contributed by atoms with Crippen LogP contribution in [0.15, 0.2) is 36.5 Å². The van der Waals surface area contributed by atoms with Gasteiger partial charge in [-0.25, -0.2) is 9.97 Å². The monoisotopic (exact) mass is 243 g/mol. The second-order valence-electron chi connectivity index (χ2n) is 3.92. The lowest BCUT2D eigenvalue weighted by Crippen LogP contribution is -2.02. The summed E-state index contributed by atoms with van der Waals surface area (Å²) >= 11 is 0. The molecule has 0 spiro atoms. The van der Waals surface area contributed by atoms with E-state index in [9.17, 15) is 0 Å². The highest BCUT2D eigenvalue weighted by molar-refractivity contribution is 5.60. The van der Waals surface area contributed by atoms with Crippen LogP contribution in [0.25, 0.3) is 11.3 Å². The van der Waals surface area contributed by atoms with Gasteiger partial charge < -0.3 is 10.1 Å². The van der Waals surface area contributed by atoms with E-state index in [-0.39, 0.29) is 0 Å². The molecule has 0 aliphatic heterocycles. The number of ether oxygens (including phenoxy) is 1. The second kappa shape index (κ2) is 6.00. The van der Waals surface area contributed by atoms with E-state index in [2.05, 4.69) is 22.2 Å². The zero-order valence-corrected chi connectivity index (χ0v) is 10.7. The van der Waals surface area contributed by atoms with Crippen molar-refractivity contribution in [1.82, 2.24) is 9.97 Å². The maximum Gasteiger partial charge on any atom is 0.212 e. The number of methoxy groups -OCH3 is 1. The summed E-state index contributed by atoms with van der Waals surface area (Å²) in [5.74, 6) is 1.50. The molecule has 2 aromatic heterocycles. The third-order valence-electron chi connectivity index (χ3n) is 2.55. The van der Waals surface area contributed by atoms with Gasteiger partial charge in [-0.3, -0.25) is 0 Å². The van der Waals surface area contributed by atoms with Crippen molar-refractivity contribution in [3.63, 3.8) is 0 Å². The molecule has 0 aliphatic carbocycles. The summed E-state index contributed by atoms with van der Waals surface area (Å²) in [5, 5.41) is 3.27. The molecular formula is C14H17N3O. The number of rotatable bonds is 5. The van der Waals surface area contributed by atoms with Crippen molar-refractivity contribution in [2.24, 2.45) is 0 Å². The molecule has 0 fully saturated rings. The minimum Gasteiger partial charge on any atom is -0.481 e. The van der Waals surface area contributed by atoms with E-state index in [1.165, 1.54) is 0 Å². The van der Waals surface area contributed by atoms with E-state index >= 15 is 0 Å². The average molecular weight is 243 g/mol. The van der Waals surface area contributed by atoms with Gasteiger partial charge in [-0.15, -0.1) is 0 Å². The predicted molar refractivity (Wildman–Crippen MR) is 72.8 cm³/mol. The first-order valence-electron chi connectivity index (χ1n) is 6.05. The molecule has 0 saturated heterocycles. The molecule has 1 N–H and O–H groups in total. The zero-order chi connectivity index (χ0) is 12.8. The Balaban J connectivity index is 2.20. The third-order valence-corrected chi connectivity index (χ3v) is 2.55. The van der Waals surface area contributed by atoms with Crippen LogP contribution >= 0.6 is 0 Å². The lowest BCUT2D eigenvalue weighted by atomic mass is 10.2. The maximum absolute atomic E-state index is 5.04. The van der Waals surface area contributed by atoms with Crippen LogP contribution in [-0.2, 0) is 0 Å². The predicted octanol–water partition coefficient (Wildman–Crippen LogP) is 2.97. The average Bonchev–Trinajstić information content (AvgIpc) is 2.45. The Morgan fingerprint density at radius 3 is 2.78 bits per heavy atom. The van der Waals surface area contributed by atoms with Gasteiger partial charge in [-0.1, -0.05) is 13.0 Å². The molecule has 0 amide bonds.